The lowest BCUT2D eigenvalue weighted by Crippen LogP contribution is -2.53. The van der Waals surface area contributed by atoms with E-state index in [0.717, 1.165) is 38.5 Å². The summed E-state index contributed by atoms with van der Waals surface area (Å²) in [7, 11) is 0. The van der Waals surface area contributed by atoms with E-state index < -0.39 is 36.9 Å². The minimum atomic E-state index is -1.28. The summed E-state index contributed by atoms with van der Waals surface area (Å²) in [5, 5.41) is 43.8. The van der Waals surface area contributed by atoms with Gasteiger partial charge in [0.05, 0.1) is 18.8 Å². The lowest BCUT2D eigenvalue weighted by Gasteiger charge is -2.27. The van der Waals surface area contributed by atoms with Crippen molar-refractivity contribution in [1.82, 2.24) is 5.32 Å². The van der Waals surface area contributed by atoms with Gasteiger partial charge in [-0.3, -0.25) is 4.79 Å². The number of rotatable bonds is 45. The van der Waals surface area contributed by atoms with E-state index in [-0.39, 0.29) is 0 Å². The van der Waals surface area contributed by atoms with Crippen molar-refractivity contribution >= 4 is 5.91 Å². The number of carbonyl (C=O) groups is 1. The molecule has 4 atom stereocenters. The Hall–Kier alpha value is -0.950. The maximum atomic E-state index is 12.5. The van der Waals surface area contributed by atoms with Crippen LogP contribution in [0.4, 0.5) is 0 Å². The standard InChI is InChI=1S/C49H97NO5/c1-3-5-7-9-11-13-15-17-19-21-23-24-25-27-29-31-33-35-37-39-41-43-47(53)49(55)50-45(44-51)48(54)46(52)42-40-38-36-34-32-30-28-26-22-20-18-16-14-12-10-8-6-4-2/h34,36,45-48,51-54H,3-33,35,37-44H2,1-2H3,(H,50,55)/b36-34+. The van der Waals surface area contributed by atoms with Crippen LogP contribution in [0.3, 0.4) is 0 Å². The van der Waals surface area contributed by atoms with E-state index in [4.69, 9.17) is 0 Å². The number of unbranched alkanes of at least 4 members (excludes halogenated alkanes) is 34. The second kappa shape index (κ2) is 44.2. The highest BCUT2D eigenvalue weighted by Gasteiger charge is 2.28. The van der Waals surface area contributed by atoms with Crippen LogP contribution in [-0.2, 0) is 4.79 Å². The monoisotopic (exact) mass is 780 g/mol. The molecule has 0 rings (SSSR count). The van der Waals surface area contributed by atoms with Gasteiger partial charge in [-0.25, -0.2) is 0 Å². The summed E-state index contributed by atoms with van der Waals surface area (Å²) in [4.78, 5) is 12.5. The van der Waals surface area contributed by atoms with Crippen LogP contribution in [0.1, 0.15) is 264 Å². The molecule has 0 saturated heterocycles. The first-order valence-electron chi connectivity index (χ1n) is 24.6. The van der Waals surface area contributed by atoms with Gasteiger partial charge >= 0.3 is 0 Å². The highest BCUT2D eigenvalue weighted by atomic mass is 16.3. The maximum absolute atomic E-state index is 12.5. The Kier molecular flexibility index (Phi) is 43.4. The number of amides is 1. The zero-order valence-corrected chi connectivity index (χ0v) is 36.9. The topological polar surface area (TPSA) is 110 Å². The molecule has 0 aromatic rings. The van der Waals surface area contributed by atoms with Crippen molar-refractivity contribution in [2.75, 3.05) is 6.61 Å². The number of allylic oxidation sites excluding steroid dienone is 2. The smallest absolute Gasteiger partial charge is 0.249 e. The SMILES string of the molecule is CCCCCCCCCCCCCCC/C=C/CCCC(O)C(O)C(CO)NC(=O)C(O)CCCCCCCCCCCCCCCCCCCCCCC. The van der Waals surface area contributed by atoms with Crippen LogP contribution < -0.4 is 5.32 Å². The molecule has 0 radical (unpaired) electrons. The van der Waals surface area contributed by atoms with Crippen molar-refractivity contribution in [2.45, 2.75) is 289 Å². The fourth-order valence-corrected chi connectivity index (χ4v) is 7.82. The summed E-state index contributed by atoms with van der Waals surface area (Å²) in [6.45, 7) is 4.07. The highest BCUT2D eigenvalue weighted by Crippen LogP contribution is 2.17. The average molecular weight is 780 g/mol. The Labute approximate surface area is 342 Å². The van der Waals surface area contributed by atoms with Gasteiger partial charge in [0.1, 0.15) is 12.2 Å². The van der Waals surface area contributed by atoms with Crippen LogP contribution in [0.25, 0.3) is 0 Å². The van der Waals surface area contributed by atoms with E-state index in [1.54, 1.807) is 0 Å². The summed E-state index contributed by atoms with van der Waals surface area (Å²) in [6.07, 6.45) is 49.7. The zero-order chi connectivity index (χ0) is 40.3. The Morgan fingerprint density at radius 2 is 0.745 bits per heavy atom. The molecule has 6 heteroatoms. The van der Waals surface area contributed by atoms with Crippen LogP contribution in [0.5, 0.6) is 0 Å². The van der Waals surface area contributed by atoms with Gasteiger partial charge in [0.15, 0.2) is 0 Å². The quantitative estimate of drug-likeness (QED) is 0.0312. The molecule has 0 saturated carbocycles. The first-order chi connectivity index (χ1) is 27.0. The van der Waals surface area contributed by atoms with Gasteiger partial charge in [0, 0.05) is 0 Å². The molecule has 6 nitrogen and oxygen atoms in total. The summed E-state index contributed by atoms with van der Waals surface area (Å²) in [6, 6.07) is -0.997. The lowest BCUT2D eigenvalue weighted by atomic mass is 10.00. The van der Waals surface area contributed by atoms with E-state index in [1.165, 1.54) is 199 Å². The largest absolute Gasteiger partial charge is 0.394 e. The van der Waals surface area contributed by atoms with Gasteiger partial charge in [-0.05, 0) is 38.5 Å². The van der Waals surface area contributed by atoms with Crippen LogP contribution in [-0.4, -0.2) is 57.3 Å². The van der Waals surface area contributed by atoms with Crippen molar-refractivity contribution in [3.63, 3.8) is 0 Å². The summed E-state index contributed by atoms with van der Waals surface area (Å²) >= 11 is 0. The summed E-state index contributed by atoms with van der Waals surface area (Å²) in [5.41, 5.74) is 0. The van der Waals surface area contributed by atoms with Crippen molar-refractivity contribution in [3.8, 4) is 0 Å². The Bertz CT molecular complexity index is 791. The second-order valence-corrected chi connectivity index (χ2v) is 17.2. The molecule has 0 bridgehead atoms. The van der Waals surface area contributed by atoms with E-state index in [0.29, 0.717) is 12.8 Å². The molecule has 328 valence electrons. The molecule has 0 aliphatic heterocycles. The van der Waals surface area contributed by atoms with Crippen molar-refractivity contribution in [2.24, 2.45) is 0 Å². The number of aliphatic hydroxyl groups is 4. The zero-order valence-electron chi connectivity index (χ0n) is 36.9. The molecule has 4 unspecified atom stereocenters. The van der Waals surface area contributed by atoms with Gasteiger partial charge in [0.25, 0.3) is 0 Å². The summed E-state index contributed by atoms with van der Waals surface area (Å²) < 4.78 is 0. The Morgan fingerprint density at radius 1 is 0.436 bits per heavy atom. The molecule has 0 aromatic heterocycles. The minimum absolute atomic E-state index is 0.368. The average Bonchev–Trinajstić information content (AvgIpc) is 3.19. The minimum Gasteiger partial charge on any atom is -0.394 e. The van der Waals surface area contributed by atoms with Crippen LogP contribution in [0, 0.1) is 0 Å². The molecular formula is C49H97NO5. The molecule has 0 aliphatic carbocycles. The maximum Gasteiger partial charge on any atom is 0.249 e. The molecule has 0 aliphatic rings. The predicted molar refractivity (Wildman–Crippen MR) is 238 cm³/mol. The molecule has 0 aromatic carbocycles. The third kappa shape index (κ3) is 38.3. The third-order valence-electron chi connectivity index (χ3n) is 11.7. The van der Waals surface area contributed by atoms with E-state index in [1.807, 2.05) is 0 Å². The second-order valence-electron chi connectivity index (χ2n) is 17.2. The van der Waals surface area contributed by atoms with Gasteiger partial charge < -0.3 is 25.7 Å². The van der Waals surface area contributed by atoms with Gasteiger partial charge in [-0.15, -0.1) is 0 Å². The Morgan fingerprint density at radius 3 is 1.09 bits per heavy atom. The first kappa shape index (κ1) is 54.0. The van der Waals surface area contributed by atoms with Gasteiger partial charge in [-0.1, -0.05) is 238 Å². The molecular weight excluding hydrogens is 683 g/mol. The third-order valence-corrected chi connectivity index (χ3v) is 11.7. The van der Waals surface area contributed by atoms with Crippen LogP contribution >= 0.6 is 0 Å². The lowest BCUT2D eigenvalue weighted by molar-refractivity contribution is -0.132. The fraction of sp³-hybridized carbons (Fsp3) is 0.939. The van der Waals surface area contributed by atoms with Crippen molar-refractivity contribution < 1.29 is 25.2 Å². The van der Waals surface area contributed by atoms with Gasteiger partial charge in [-0.2, -0.15) is 0 Å². The Balaban J connectivity index is 3.69. The number of hydrogen-bond acceptors (Lipinski definition) is 5. The van der Waals surface area contributed by atoms with E-state index in [9.17, 15) is 25.2 Å². The van der Waals surface area contributed by atoms with Crippen LogP contribution in [0.15, 0.2) is 12.2 Å². The first-order valence-corrected chi connectivity index (χ1v) is 24.6. The molecule has 5 N–H and O–H groups in total. The highest BCUT2D eigenvalue weighted by molar-refractivity contribution is 5.80. The normalized spacial score (nSPS) is 14.1. The molecule has 1 amide bonds. The van der Waals surface area contributed by atoms with Crippen molar-refractivity contribution in [3.05, 3.63) is 12.2 Å². The summed E-state index contributed by atoms with van der Waals surface area (Å²) in [5.74, 6) is -0.588. The number of nitrogens with one attached hydrogen (secondary N) is 1. The number of aliphatic hydroxyl groups excluding tert-OH is 4. The van der Waals surface area contributed by atoms with Gasteiger partial charge in [0.2, 0.25) is 5.91 Å². The van der Waals surface area contributed by atoms with Crippen molar-refractivity contribution in [1.29, 1.82) is 0 Å². The van der Waals surface area contributed by atoms with Crippen LogP contribution in [0.2, 0.25) is 0 Å². The molecule has 0 spiro atoms. The van der Waals surface area contributed by atoms with E-state index >= 15 is 0 Å². The molecule has 55 heavy (non-hydrogen) atoms. The predicted octanol–water partition coefficient (Wildman–Crippen LogP) is 13.4. The fourth-order valence-electron chi connectivity index (χ4n) is 7.82. The molecule has 0 fully saturated rings. The van der Waals surface area contributed by atoms with E-state index in [2.05, 4.69) is 31.3 Å². The number of carbonyl (C=O) groups excluding carboxylic acids is 1. The number of hydrogen-bond donors (Lipinski definition) is 5. The molecule has 0 heterocycles.